The fraction of sp³-hybridized carbons (Fsp3) is 0. The first-order valence-electron chi connectivity index (χ1n) is 6.20. The second-order valence-electron chi connectivity index (χ2n) is 4.53. The highest BCUT2D eigenvalue weighted by Gasteiger charge is 2.10. The monoisotopic (exact) mass is 296 g/mol. The molecule has 2 heterocycles. The molecule has 2 nitrogen and oxygen atoms in total. The van der Waals surface area contributed by atoms with Crippen molar-refractivity contribution in [1.29, 1.82) is 0 Å². The minimum atomic E-state index is 0.502. The van der Waals surface area contributed by atoms with Crippen LogP contribution in [0.25, 0.3) is 33.1 Å². The number of hydrogen-bond donors (Lipinski definition) is 0. The van der Waals surface area contributed by atoms with Crippen molar-refractivity contribution in [2.75, 3.05) is 0 Å². The highest BCUT2D eigenvalue weighted by molar-refractivity contribution is 7.08. The molecular weight excluding hydrogens is 288 g/mol. The Labute approximate surface area is 124 Å². The number of nitrogens with zero attached hydrogens (tertiary/aromatic N) is 2. The molecule has 4 heteroatoms. The fourth-order valence-corrected chi connectivity index (χ4v) is 3.21. The third-order valence-electron chi connectivity index (χ3n) is 3.32. The zero-order valence-corrected chi connectivity index (χ0v) is 11.9. The highest BCUT2D eigenvalue weighted by atomic mass is 35.5. The first kappa shape index (κ1) is 11.8. The number of rotatable bonds is 1. The summed E-state index contributed by atoms with van der Waals surface area (Å²) in [4.78, 5) is 9.13. The maximum absolute atomic E-state index is 6.33. The predicted molar refractivity (Wildman–Crippen MR) is 85.4 cm³/mol. The molecule has 0 N–H and O–H groups in total. The average Bonchev–Trinajstić information content (AvgIpc) is 3.01. The van der Waals surface area contributed by atoms with E-state index in [0.29, 0.717) is 11.0 Å². The lowest BCUT2D eigenvalue weighted by Crippen LogP contribution is -1.91. The Morgan fingerprint density at radius 3 is 2.65 bits per heavy atom. The molecule has 0 atom stereocenters. The Kier molecular flexibility index (Phi) is 2.69. The van der Waals surface area contributed by atoms with Crippen LogP contribution in [0.5, 0.6) is 0 Å². The van der Waals surface area contributed by atoms with Crippen molar-refractivity contribution < 1.29 is 0 Å². The van der Waals surface area contributed by atoms with Crippen molar-refractivity contribution in [2.45, 2.75) is 0 Å². The summed E-state index contributed by atoms with van der Waals surface area (Å²) in [5, 5.41) is 7.70. The van der Waals surface area contributed by atoms with E-state index >= 15 is 0 Å². The van der Waals surface area contributed by atoms with Crippen molar-refractivity contribution in [3.05, 3.63) is 58.4 Å². The zero-order chi connectivity index (χ0) is 13.5. The lowest BCUT2D eigenvalue weighted by Gasteiger charge is -2.06. The number of fused-ring (bicyclic) bond motifs is 3. The van der Waals surface area contributed by atoms with Gasteiger partial charge in [-0.25, -0.2) is 9.97 Å². The lowest BCUT2D eigenvalue weighted by atomic mass is 10.1. The quantitative estimate of drug-likeness (QED) is 0.358. The van der Waals surface area contributed by atoms with Gasteiger partial charge in [0.25, 0.3) is 0 Å². The zero-order valence-electron chi connectivity index (χ0n) is 10.4. The van der Waals surface area contributed by atoms with Crippen molar-refractivity contribution in [2.24, 2.45) is 0 Å². The first-order chi connectivity index (χ1) is 9.83. The van der Waals surface area contributed by atoms with Crippen LogP contribution in [-0.2, 0) is 0 Å². The van der Waals surface area contributed by atoms with Gasteiger partial charge in [-0.05, 0) is 22.9 Å². The van der Waals surface area contributed by atoms with Crippen LogP contribution in [0.3, 0.4) is 0 Å². The summed E-state index contributed by atoms with van der Waals surface area (Å²) in [5.74, 6) is 0.681. The Balaban J connectivity index is 2.14. The summed E-state index contributed by atoms with van der Waals surface area (Å²) in [6.07, 6.45) is 0. The second kappa shape index (κ2) is 4.54. The van der Waals surface area contributed by atoms with Crippen LogP contribution >= 0.6 is 22.9 Å². The summed E-state index contributed by atoms with van der Waals surface area (Å²) in [7, 11) is 0. The topological polar surface area (TPSA) is 25.8 Å². The minimum absolute atomic E-state index is 0.502. The van der Waals surface area contributed by atoms with Gasteiger partial charge in [-0.15, -0.1) is 0 Å². The Bertz CT molecular complexity index is 916. The summed E-state index contributed by atoms with van der Waals surface area (Å²) in [6, 6.07) is 14.2. The number of thiophene rings is 1. The molecule has 0 aliphatic heterocycles. The van der Waals surface area contributed by atoms with Gasteiger partial charge in [-0.3, -0.25) is 0 Å². The molecule has 4 aromatic rings. The summed E-state index contributed by atoms with van der Waals surface area (Å²) >= 11 is 7.96. The number of benzene rings is 2. The molecule has 96 valence electrons. The molecule has 2 aromatic heterocycles. The van der Waals surface area contributed by atoms with Gasteiger partial charge in [0.1, 0.15) is 5.15 Å². The summed E-state index contributed by atoms with van der Waals surface area (Å²) < 4.78 is 0. The molecule has 20 heavy (non-hydrogen) atoms. The van der Waals surface area contributed by atoms with Crippen molar-refractivity contribution in [3.8, 4) is 11.4 Å². The molecule has 0 saturated heterocycles. The lowest BCUT2D eigenvalue weighted by molar-refractivity contribution is 1.24. The van der Waals surface area contributed by atoms with Crippen LogP contribution in [-0.4, -0.2) is 9.97 Å². The van der Waals surface area contributed by atoms with Crippen molar-refractivity contribution in [1.82, 2.24) is 9.97 Å². The molecule has 0 spiro atoms. The molecular formula is C16H9ClN2S. The largest absolute Gasteiger partial charge is 0.227 e. The molecule has 0 unspecified atom stereocenters. The van der Waals surface area contributed by atoms with Crippen molar-refractivity contribution in [3.63, 3.8) is 0 Å². The summed E-state index contributed by atoms with van der Waals surface area (Å²) in [5.41, 5.74) is 1.91. The van der Waals surface area contributed by atoms with Gasteiger partial charge >= 0.3 is 0 Å². The molecule has 0 saturated carbocycles. The van der Waals surface area contributed by atoms with E-state index in [0.717, 1.165) is 27.2 Å². The molecule has 0 fully saturated rings. The van der Waals surface area contributed by atoms with E-state index in [4.69, 9.17) is 16.6 Å². The maximum Gasteiger partial charge on any atom is 0.162 e. The number of hydrogen-bond acceptors (Lipinski definition) is 3. The fourth-order valence-electron chi connectivity index (χ4n) is 2.35. The number of aromatic nitrogens is 2. The van der Waals surface area contributed by atoms with Gasteiger partial charge < -0.3 is 0 Å². The van der Waals surface area contributed by atoms with Crippen LogP contribution in [0, 0.1) is 0 Å². The second-order valence-corrected chi connectivity index (χ2v) is 5.67. The summed E-state index contributed by atoms with van der Waals surface area (Å²) in [6.45, 7) is 0. The van der Waals surface area contributed by atoms with Gasteiger partial charge in [-0.1, -0.05) is 41.9 Å². The third-order valence-corrected chi connectivity index (χ3v) is 4.30. The molecule has 4 rings (SSSR count). The Morgan fingerprint density at radius 1 is 0.900 bits per heavy atom. The molecule has 0 bridgehead atoms. The minimum Gasteiger partial charge on any atom is -0.227 e. The van der Waals surface area contributed by atoms with E-state index in [-0.39, 0.29) is 0 Å². The van der Waals surface area contributed by atoms with Gasteiger partial charge in [0.15, 0.2) is 5.82 Å². The highest BCUT2D eigenvalue weighted by Crippen LogP contribution is 2.30. The van der Waals surface area contributed by atoms with Crippen LogP contribution in [0.2, 0.25) is 5.15 Å². The standard InChI is InChI=1S/C16H9ClN2S/c17-15-13-6-5-10-3-1-2-4-12(10)14(13)18-16(19-15)11-7-8-20-9-11/h1-9H. The van der Waals surface area contributed by atoms with E-state index in [9.17, 15) is 0 Å². The van der Waals surface area contributed by atoms with Crippen molar-refractivity contribution >= 4 is 44.6 Å². The van der Waals surface area contributed by atoms with Gasteiger partial charge in [0.2, 0.25) is 0 Å². The van der Waals surface area contributed by atoms with Crippen LogP contribution < -0.4 is 0 Å². The van der Waals surface area contributed by atoms with Gasteiger partial charge in [-0.2, -0.15) is 11.3 Å². The van der Waals surface area contributed by atoms with Crippen LogP contribution in [0.4, 0.5) is 0 Å². The Morgan fingerprint density at radius 2 is 1.80 bits per heavy atom. The normalized spacial score (nSPS) is 11.2. The van der Waals surface area contributed by atoms with Gasteiger partial charge in [0.05, 0.1) is 5.52 Å². The average molecular weight is 297 g/mol. The van der Waals surface area contributed by atoms with E-state index in [1.807, 2.05) is 35.0 Å². The van der Waals surface area contributed by atoms with E-state index in [1.54, 1.807) is 11.3 Å². The molecule has 0 amide bonds. The van der Waals surface area contributed by atoms with E-state index in [1.165, 1.54) is 0 Å². The third kappa shape index (κ3) is 1.79. The maximum atomic E-state index is 6.33. The predicted octanol–water partition coefficient (Wildman–Crippen LogP) is 5.16. The molecule has 0 aliphatic carbocycles. The van der Waals surface area contributed by atoms with Gasteiger partial charge in [0, 0.05) is 21.7 Å². The SMILES string of the molecule is Clc1nc(-c2ccsc2)nc2c1ccc1ccccc12. The smallest absolute Gasteiger partial charge is 0.162 e. The molecule has 0 aliphatic rings. The molecule has 0 radical (unpaired) electrons. The number of halogens is 1. The van der Waals surface area contributed by atoms with Crippen LogP contribution in [0.15, 0.2) is 53.2 Å². The van der Waals surface area contributed by atoms with E-state index in [2.05, 4.69) is 23.2 Å². The Hall–Kier alpha value is -1.97. The van der Waals surface area contributed by atoms with E-state index < -0.39 is 0 Å². The first-order valence-corrected chi connectivity index (χ1v) is 7.52. The molecule has 2 aromatic carbocycles. The van der Waals surface area contributed by atoms with Crippen LogP contribution in [0.1, 0.15) is 0 Å².